The van der Waals surface area contributed by atoms with Crippen LogP contribution in [0.5, 0.6) is 0 Å². The van der Waals surface area contributed by atoms with Crippen molar-refractivity contribution >= 4 is 0 Å². The van der Waals surface area contributed by atoms with E-state index >= 15 is 0 Å². The quantitative estimate of drug-likeness (QED) is 0.529. The minimum Gasteiger partial charge on any atom is -0.381 e. The summed E-state index contributed by atoms with van der Waals surface area (Å²) in [6, 6.07) is 0. The molecule has 0 aromatic carbocycles. The van der Waals surface area contributed by atoms with Gasteiger partial charge in [-0.2, -0.15) is 0 Å². The lowest BCUT2D eigenvalue weighted by Gasteiger charge is -2.27. The van der Waals surface area contributed by atoms with Gasteiger partial charge in [0, 0.05) is 26.1 Å². The monoisotopic (exact) mass is 132 g/mol. The highest BCUT2D eigenvalue weighted by Gasteiger charge is 2.29. The van der Waals surface area contributed by atoms with Crippen LogP contribution in [0.15, 0.2) is 0 Å². The van der Waals surface area contributed by atoms with Crippen LogP contribution < -0.4 is 0 Å². The Bertz CT molecular complexity index is 86.9. The fourth-order valence-corrected chi connectivity index (χ4v) is 1.09. The maximum Gasteiger partial charge on any atom is 0.115 e. The molecule has 2 heteroatoms. The summed E-state index contributed by atoms with van der Waals surface area (Å²) in [5.74, 6) is 0. The molecule has 1 nitrogen and oxygen atoms in total. The number of hydrogen-bond donors (Lipinski definition) is 0. The lowest BCUT2D eigenvalue weighted by molar-refractivity contribution is -0.0104. The van der Waals surface area contributed by atoms with Gasteiger partial charge in [-0.3, -0.25) is 0 Å². The summed E-state index contributed by atoms with van der Waals surface area (Å²) in [4.78, 5) is 0. The van der Waals surface area contributed by atoms with Gasteiger partial charge in [-0.1, -0.05) is 6.92 Å². The van der Waals surface area contributed by atoms with Gasteiger partial charge in [0.2, 0.25) is 0 Å². The van der Waals surface area contributed by atoms with Gasteiger partial charge in [-0.15, -0.1) is 0 Å². The van der Waals surface area contributed by atoms with E-state index in [1.807, 2.05) is 6.92 Å². The van der Waals surface area contributed by atoms with Crippen LogP contribution in [0, 0.1) is 0 Å². The standard InChI is InChI=1S/C7H13FO/c1-2-7(8)3-5-9-6-4-7/h2-6H2,1H3. The predicted octanol–water partition coefficient (Wildman–Crippen LogP) is 1.92. The summed E-state index contributed by atoms with van der Waals surface area (Å²) in [7, 11) is 0. The molecule has 0 aliphatic carbocycles. The third-order valence-corrected chi connectivity index (χ3v) is 2.02. The van der Waals surface area contributed by atoms with Gasteiger partial charge in [-0.25, -0.2) is 4.39 Å². The van der Waals surface area contributed by atoms with Crippen molar-refractivity contribution in [3.8, 4) is 0 Å². The summed E-state index contributed by atoms with van der Waals surface area (Å²) < 4.78 is 18.2. The van der Waals surface area contributed by atoms with Gasteiger partial charge in [0.15, 0.2) is 0 Å². The Morgan fingerprint density at radius 2 is 2.00 bits per heavy atom. The summed E-state index contributed by atoms with van der Waals surface area (Å²) in [5, 5.41) is 0. The zero-order valence-electron chi connectivity index (χ0n) is 5.82. The van der Waals surface area contributed by atoms with E-state index < -0.39 is 5.67 Å². The predicted molar refractivity (Wildman–Crippen MR) is 34.2 cm³/mol. The van der Waals surface area contributed by atoms with Gasteiger partial charge >= 0.3 is 0 Å². The summed E-state index contributed by atoms with van der Waals surface area (Å²) >= 11 is 0. The molecule has 0 aromatic heterocycles. The van der Waals surface area contributed by atoms with Crippen molar-refractivity contribution in [2.75, 3.05) is 13.2 Å². The molecule has 1 rings (SSSR count). The Morgan fingerprint density at radius 3 is 2.33 bits per heavy atom. The van der Waals surface area contributed by atoms with Crippen LogP contribution >= 0.6 is 0 Å². The molecule has 1 aliphatic heterocycles. The third kappa shape index (κ3) is 1.65. The van der Waals surface area contributed by atoms with Crippen LogP contribution in [-0.2, 0) is 4.74 Å². The molecule has 0 amide bonds. The topological polar surface area (TPSA) is 9.23 Å². The van der Waals surface area contributed by atoms with Crippen molar-refractivity contribution in [2.45, 2.75) is 31.9 Å². The van der Waals surface area contributed by atoms with Gasteiger partial charge in [0.1, 0.15) is 5.67 Å². The molecule has 0 N–H and O–H groups in total. The number of rotatable bonds is 1. The van der Waals surface area contributed by atoms with Gasteiger partial charge in [-0.05, 0) is 6.42 Å². The number of hydrogen-bond acceptors (Lipinski definition) is 1. The summed E-state index contributed by atoms with van der Waals surface area (Å²) in [6.07, 6.45) is 1.81. The highest BCUT2D eigenvalue weighted by atomic mass is 19.1. The second-order valence-corrected chi connectivity index (χ2v) is 2.62. The lowest BCUT2D eigenvalue weighted by Crippen LogP contribution is -2.30. The van der Waals surface area contributed by atoms with Crippen molar-refractivity contribution in [1.29, 1.82) is 0 Å². The molecule has 1 fully saturated rings. The molecule has 54 valence electrons. The van der Waals surface area contributed by atoms with Crippen LogP contribution in [-0.4, -0.2) is 18.9 Å². The van der Waals surface area contributed by atoms with E-state index in [2.05, 4.69) is 0 Å². The minimum absolute atomic E-state index is 0.587. The molecule has 9 heavy (non-hydrogen) atoms. The van der Waals surface area contributed by atoms with Gasteiger partial charge in [0.05, 0.1) is 0 Å². The summed E-state index contributed by atoms with van der Waals surface area (Å²) in [5.41, 5.74) is -0.905. The maximum absolute atomic E-state index is 13.2. The van der Waals surface area contributed by atoms with Gasteiger partial charge in [0.25, 0.3) is 0 Å². The van der Waals surface area contributed by atoms with Crippen molar-refractivity contribution in [3.05, 3.63) is 0 Å². The molecule has 1 heterocycles. The van der Waals surface area contributed by atoms with Crippen molar-refractivity contribution < 1.29 is 9.13 Å². The minimum atomic E-state index is -0.905. The first-order chi connectivity index (χ1) is 4.27. The molecule has 0 radical (unpaired) electrons. The summed E-state index contributed by atoms with van der Waals surface area (Å²) in [6.45, 7) is 3.10. The van der Waals surface area contributed by atoms with Crippen LogP contribution in [0.2, 0.25) is 0 Å². The number of halogens is 1. The Labute approximate surface area is 55.2 Å². The van der Waals surface area contributed by atoms with E-state index in [9.17, 15) is 4.39 Å². The van der Waals surface area contributed by atoms with E-state index in [1.54, 1.807) is 0 Å². The lowest BCUT2D eigenvalue weighted by atomic mass is 9.94. The molecule has 0 aromatic rings. The molecule has 0 atom stereocenters. The Hall–Kier alpha value is -0.110. The van der Waals surface area contributed by atoms with E-state index in [1.165, 1.54) is 0 Å². The largest absolute Gasteiger partial charge is 0.381 e. The highest BCUT2D eigenvalue weighted by Crippen LogP contribution is 2.27. The van der Waals surface area contributed by atoms with Crippen LogP contribution in [0.1, 0.15) is 26.2 Å². The van der Waals surface area contributed by atoms with Crippen molar-refractivity contribution in [2.24, 2.45) is 0 Å². The molecule has 0 bridgehead atoms. The molecule has 0 unspecified atom stereocenters. The molecular formula is C7H13FO. The van der Waals surface area contributed by atoms with Crippen LogP contribution in [0.25, 0.3) is 0 Å². The molecule has 1 saturated heterocycles. The third-order valence-electron chi connectivity index (χ3n) is 2.02. The van der Waals surface area contributed by atoms with Crippen molar-refractivity contribution in [3.63, 3.8) is 0 Å². The smallest absolute Gasteiger partial charge is 0.115 e. The first kappa shape index (κ1) is 7.00. The fraction of sp³-hybridized carbons (Fsp3) is 1.00. The molecular weight excluding hydrogens is 119 g/mol. The number of alkyl halides is 1. The second-order valence-electron chi connectivity index (χ2n) is 2.62. The van der Waals surface area contributed by atoms with E-state index in [-0.39, 0.29) is 0 Å². The fourth-order valence-electron chi connectivity index (χ4n) is 1.09. The zero-order valence-corrected chi connectivity index (χ0v) is 5.82. The van der Waals surface area contributed by atoms with E-state index in [0.29, 0.717) is 32.5 Å². The highest BCUT2D eigenvalue weighted by molar-refractivity contribution is 4.79. The first-order valence-electron chi connectivity index (χ1n) is 3.53. The molecule has 0 saturated carbocycles. The van der Waals surface area contributed by atoms with Crippen LogP contribution in [0.4, 0.5) is 4.39 Å². The SMILES string of the molecule is CCC1(F)CCOCC1. The molecule has 1 aliphatic rings. The first-order valence-corrected chi connectivity index (χ1v) is 3.53. The van der Waals surface area contributed by atoms with E-state index in [4.69, 9.17) is 4.74 Å². The molecule has 0 spiro atoms. The van der Waals surface area contributed by atoms with E-state index in [0.717, 1.165) is 0 Å². The average Bonchev–Trinajstić information content (AvgIpc) is 1.90. The Balaban J connectivity index is 2.37. The second kappa shape index (κ2) is 2.65. The maximum atomic E-state index is 13.2. The zero-order chi connectivity index (χ0) is 6.74. The Morgan fingerprint density at radius 1 is 1.44 bits per heavy atom. The average molecular weight is 132 g/mol. The number of ether oxygens (including phenoxy) is 1. The van der Waals surface area contributed by atoms with Gasteiger partial charge < -0.3 is 4.74 Å². The van der Waals surface area contributed by atoms with Crippen LogP contribution in [0.3, 0.4) is 0 Å². The normalized spacial score (nSPS) is 26.0. The Kier molecular flexibility index (Phi) is 2.06. The van der Waals surface area contributed by atoms with Crippen molar-refractivity contribution in [1.82, 2.24) is 0 Å².